The Balaban J connectivity index is 1.86. The van der Waals surface area contributed by atoms with E-state index in [4.69, 9.17) is 11.6 Å². The molecular formula is C11H11ClN2S. The lowest BCUT2D eigenvalue weighted by Gasteiger charge is -2.04. The molecule has 0 aliphatic carbocycles. The first kappa shape index (κ1) is 10.6. The largest absolute Gasteiger partial charge is 0.309 e. The molecule has 0 bridgehead atoms. The maximum Gasteiger partial charge on any atom is 0.0634 e. The second-order valence-electron chi connectivity index (χ2n) is 3.20. The van der Waals surface area contributed by atoms with E-state index in [0.29, 0.717) is 0 Å². The highest BCUT2D eigenvalue weighted by Crippen LogP contribution is 2.13. The van der Waals surface area contributed by atoms with Crippen LogP contribution in [-0.2, 0) is 13.1 Å². The van der Waals surface area contributed by atoms with Crippen molar-refractivity contribution in [1.82, 2.24) is 10.3 Å². The Kier molecular flexibility index (Phi) is 3.72. The molecule has 0 aliphatic rings. The van der Waals surface area contributed by atoms with E-state index in [1.165, 1.54) is 5.56 Å². The third kappa shape index (κ3) is 3.02. The molecule has 0 fully saturated rings. The quantitative estimate of drug-likeness (QED) is 0.886. The lowest BCUT2D eigenvalue weighted by atomic mass is 10.2. The molecule has 0 saturated carbocycles. The van der Waals surface area contributed by atoms with Gasteiger partial charge in [0.1, 0.15) is 0 Å². The van der Waals surface area contributed by atoms with Crippen molar-refractivity contribution in [3.8, 4) is 0 Å². The molecule has 0 aromatic carbocycles. The van der Waals surface area contributed by atoms with Gasteiger partial charge in [-0.05, 0) is 34.0 Å². The van der Waals surface area contributed by atoms with Crippen LogP contribution in [0.15, 0.2) is 35.3 Å². The van der Waals surface area contributed by atoms with E-state index >= 15 is 0 Å². The molecule has 2 rings (SSSR count). The summed E-state index contributed by atoms with van der Waals surface area (Å²) in [6.07, 6.45) is 3.43. The van der Waals surface area contributed by atoms with Crippen LogP contribution in [0, 0.1) is 0 Å². The van der Waals surface area contributed by atoms with Crippen LogP contribution >= 0.6 is 22.9 Å². The lowest BCUT2D eigenvalue weighted by Crippen LogP contribution is -2.12. The van der Waals surface area contributed by atoms with E-state index in [1.54, 1.807) is 23.7 Å². The fourth-order valence-electron chi connectivity index (χ4n) is 1.28. The summed E-state index contributed by atoms with van der Waals surface area (Å²) in [5, 5.41) is 8.28. The first-order valence-corrected chi connectivity index (χ1v) is 5.98. The minimum absolute atomic E-state index is 0.718. The SMILES string of the molecule is Clc1cnccc1CNCc1ccsc1. The number of nitrogens with zero attached hydrogens (tertiary/aromatic N) is 1. The smallest absolute Gasteiger partial charge is 0.0634 e. The van der Waals surface area contributed by atoms with Gasteiger partial charge >= 0.3 is 0 Å². The minimum atomic E-state index is 0.718. The highest BCUT2D eigenvalue weighted by molar-refractivity contribution is 7.07. The monoisotopic (exact) mass is 238 g/mol. The number of aromatic nitrogens is 1. The van der Waals surface area contributed by atoms with Gasteiger partial charge in [-0.1, -0.05) is 11.6 Å². The first-order valence-electron chi connectivity index (χ1n) is 4.66. The second-order valence-corrected chi connectivity index (χ2v) is 4.39. The van der Waals surface area contributed by atoms with Gasteiger partial charge in [0, 0.05) is 25.5 Å². The van der Waals surface area contributed by atoms with Crippen molar-refractivity contribution in [2.24, 2.45) is 0 Å². The molecule has 78 valence electrons. The summed E-state index contributed by atoms with van der Waals surface area (Å²) < 4.78 is 0. The Bertz CT molecular complexity index is 414. The van der Waals surface area contributed by atoms with Gasteiger partial charge in [-0.2, -0.15) is 11.3 Å². The molecule has 2 aromatic heterocycles. The topological polar surface area (TPSA) is 24.9 Å². The van der Waals surface area contributed by atoms with Crippen LogP contribution in [0.3, 0.4) is 0 Å². The summed E-state index contributed by atoms with van der Waals surface area (Å²) >= 11 is 7.70. The van der Waals surface area contributed by atoms with E-state index in [9.17, 15) is 0 Å². The van der Waals surface area contributed by atoms with Gasteiger partial charge in [0.15, 0.2) is 0 Å². The fourth-order valence-corrected chi connectivity index (χ4v) is 2.14. The van der Waals surface area contributed by atoms with Crippen LogP contribution < -0.4 is 5.32 Å². The van der Waals surface area contributed by atoms with E-state index in [-0.39, 0.29) is 0 Å². The van der Waals surface area contributed by atoms with Crippen LogP contribution in [0.5, 0.6) is 0 Å². The molecule has 15 heavy (non-hydrogen) atoms. The van der Waals surface area contributed by atoms with Gasteiger partial charge in [0.05, 0.1) is 5.02 Å². The predicted octanol–water partition coefficient (Wildman–Crippen LogP) is 3.09. The summed E-state index contributed by atoms with van der Waals surface area (Å²) in [7, 11) is 0. The van der Waals surface area contributed by atoms with Crippen molar-refractivity contribution in [3.05, 3.63) is 51.4 Å². The molecule has 2 heterocycles. The van der Waals surface area contributed by atoms with Gasteiger partial charge in [-0.15, -0.1) is 0 Å². The maximum absolute atomic E-state index is 5.98. The average molecular weight is 239 g/mol. The van der Waals surface area contributed by atoms with Gasteiger partial charge in [0.2, 0.25) is 0 Å². The number of hydrogen-bond donors (Lipinski definition) is 1. The summed E-state index contributed by atoms with van der Waals surface area (Å²) in [6, 6.07) is 4.05. The molecule has 0 amide bonds. The molecule has 4 heteroatoms. The van der Waals surface area contributed by atoms with Crippen LogP contribution in [-0.4, -0.2) is 4.98 Å². The van der Waals surface area contributed by atoms with E-state index < -0.39 is 0 Å². The number of pyridine rings is 1. The zero-order valence-corrected chi connectivity index (χ0v) is 9.68. The van der Waals surface area contributed by atoms with Gasteiger partial charge in [-0.3, -0.25) is 4.98 Å². The Morgan fingerprint density at radius 3 is 3.00 bits per heavy atom. The average Bonchev–Trinajstić information content (AvgIpc) is 2.74. The van der Waals surface area contributed by atoms with Crippen molar-refractivity contribution in [2.75, 3.05) is 0 Å². The number of thiophene rings is 1. The minimum Gasteiger partial charge on any atom is -0.309 e. The standard InChI is InChI=1S/C11H11ClN2S/c12-11-7-13-3-1-10(11)6-14-5-9-2-4-15-8-9/h1-4,7-8,14H,5-6H2. The summed E-state index contributed by atoms with van der Waals surface area (Å²) in [5.41, 5.74) is 2.40. The Hall–Kier alpha value is -0.900. The van der Waals surface area contributed by atoms with Crippen molar-refractivity contribution in [1.29, 1.82) is 0 Å². The molecule has 0 saturated heterocycles. The molecule has 1 N–H and O–H groups in total. The zero-order valence-electron chi connectivity index (χ0n) is 8.11. The van der Waals surface area contributed by atoms with Crippen LogP contribution in [0.1, 0.15) is 11.1 Å². The summed E-state index contributed by atoms with van der Waals surface area (Å²) in [4.78, 5) is 3.94. The van der Waals surface area contributed by atoms with Crippen molar-refractivity contribution >= 4 is 22.9 Å². The summed E-state index contributed by atoms with van der Waals surface area (Å²) in [6.45, 7) is 1.65. The van der Waals surface area contributed by atoms with Gasteiger partial charge < -0.3 is 5.32 Å². The van der Waals surface area contributed by atoms with E-state index in [0.717, 1.165) is 23.7 Å². The van der Waals surface area contributed by atoms with Gasteiger partial charge in [0.25, 0.3) is 0 Å². The summed E-state index contributed by atoms with van der Waals surface area (Å²) in [5.74, 6) is 0. The Morgan fingerprint density at radius 2 is 2.27 bits per heavy atom. The van der Waals surface area contributed by atoms with Gasteiger partial charge in [-0.25, -0.2) is 0 Å². The molecule has 0 spiro atoms. The Labute approximate surface area is 97.9 Å². The van der Waals surface area contributed by atoms with Crippen molar-refractivity contribution < 1.29 is 0 Å². The fraction of sp³-hybridized carbons (Fsp3) is 0.182. The number of halogens is 1. The second kappa shape index (κ2) is 5.26. The molecule has 0 atom stereocenters. The zero-order chi connectivity index (χ0) is 10.5. The van der Waals surface area contributed by atoms with Crippen LogP contribution in [0.4, 0.5) is 0 Å². The predicted molar refractivity (Wildman–Crippen MR) is 64.1 cm³/mol. The molecule has 0 radical (unpaired) electrons. The van der Waals surface area contributed by atoms with Crippen LogP contribution in [0.25, 0.3) is 0 Å². The van der Waals surface area contributed by atoms with Crippen molar-refractivity contribution in [2.45, 2.75) is 13.1 Å². The van der Waals surface area contributed by atoms with E-state index in [2.05, 4.69) is 27.1 Å². The van der Waals surface area contributed by atoms with Crippen LogP contribution in [0.2, 0.25) is 5.02 Å². The number of nitrogens with one attached hydrogen (secondary N) is 1. The first-order chi connectivity index (χ1) is 7.36. The molecule has 0 aliphatic heterocycles. The normalized spacial score (nSPS) is 10.5. The maximum atomic E-state index is 5.98. The molecule has 0 unspecified atom stereocenters. The third-order valence-corrected chi connectivity index (χ3v) is 3.15. The lowest BCUT2D eigenvalue weighted by molar-refractivity contribution is 0.694. The highest BCUT2D eigenvalue weighted by Gasteiger charge is 1.98. The number of hydrogen-bond acceptors (Lipinski definition) is 3. The molecule has 2 nitrogen and oxygen atoms in total. The van der Waals surface area contributed by atoms with Crippen molar-refractivity contribution in [3.63, 3.8) is 0 Å². The Morgan fingerprint density at radius 1 is 1.33 bits per heavy atom. The number of rotatable bonds is 4. The van der Waals surface area contributed by atoms with E-state index in [1.807, 2.05) is 6.07 Å². The molecule has 2 aromatic rings. The third-order valence-electron chi connectivity index (χ3n) is 2.08. The molecular weight excluding hydrogens is 228 g/mol. The highest BCUT2D eigenvalue weighted by atomic mass is 35.5.